The van der Waals surface area contributed by atoms with Crippen LogP contribution in [0.1, 0.15) is 65.6 Å². The van der Waals surface area contributed by atoms with Gasteiger partial charge in [0.25, 0.3) is 5.91 Å². The Bertz CT molecular complexity index is 633. The Balaban J connectivity index is 1.51. The molecule has 0 radical (unpaired) electrons. The highest BCUT2D eigenvalue weighted by Crippen LogP contribution is 2.32. The number of fused-ring (bicyclic) bond motifs is 1. The zero-order chi connectivity index (χ0) is 16.2. The molecule has 0 saturated heterocycles. The molecule has 124 valence electrons. The van der Waals surface area contributed by atoms with Crippen LogP contribution in [0.5, 0.6) is 0 Å². The Morgan fingerprint density at radius 2 is 2.13 bits per heavy atom. The van der Waals surface area contributed by atoms with Crippen molar-refractivity contribution < 1.29 is 9.59 Å². The number of carbonyl (C=O) groups excluding carboxylic acids is 2. The first kappa shape index (κ1) is 16.2. The van der Waals surface area contributed by atoms with Crippen molar-refractivity contribution in [2.45, 2.75) is 58.3 Å². The molecular weight excluding hydrogens is 308 g/mol. The number of allylic oxidation sites excluding steroid dienone is 1. The number of hydrogen-bond acceptors (Lipinski definition) is 3. The highest BCUT2D eigenvalue weighted by Gasteiger charge is 2.21. The van der Waals surface area contributed by atoms with Gasteiger partial charge in [-0.3, -0.25) is 20.4 Å². The molecule has 0 saturated carbocycles. The van der Waals surface area contributed by atoms with Gasteiger partial charge in [0.1, 0.15) is 0 Å². The fourth-order valence-electron chi connectivity index (χ4n) is 3.32. The Hall–Kier alpha value is -1.62. The van der Waals surface area contributed by atoms with Gasteiger partial charge in [-0.05, 0) is 62.5 Å². The van der Waals surface area contributed by atoms with Gasteiger partial charge in [0.15, 0.2) is 0 Å². The van der Waals surface area contributed by atoms with Crippen LogP contribution < -0.4 is 10.9 Å². The van der Waals surface area contributed by atoms with E-state index in [-0.39, 0.29) is 11.8 Å². The maximum Gasteiger partial charge on any atom is 0.279 e. The van der Waals surface area contributed by atoms with Crippen molar-refractivity contribution in [2.75, 3.05) is 0 Å². The van der Waals surface area contributed by atoms with Crippen LogP contribution >= 0.6 is 11.3 Å². The van der Waals surface area contributed by atoms with E-state index in [1.54, 1.807) is 11.3 Å². The van der Waals surface area contributed by atoms with Gasteiger partial charge in [0.2, 0.25) is 5.91 Å². The highest BCUT2D eigenvalue weighted by molar-refractivity contribution is 7.14. The fraction of sp³-hybridized carbons (Fsp3) is 0.556. The molecule has 0 unspecified atom stereocenters. The quantitative estimate of drug-likeness (QED) is 0.657. The van der Waals surface area contributed by atoms with Crippen LogP contribution in [0.4, 0.5) is 0 Å². The number of rotatable bonds is 3. The van der Waals surface area contributed by atoms with Gasteiger partial charge in [-0.1, -0.05) is 18.6 Å². The van der Waals surface area contributed by atoms with Crippen LogP contribution in [0.3, 0.4) is 0 Å². The molecule has 0 fully saturated rings. The summed E-state index contributed by atoms with van der Waals surface area (Å²) in [6, 6.07) is 1.99. The average molecular weight is 332 g/mol. The van der Waals surface area contributed by atoms with Crippen molar-refractivity contribution in [3.8, 4) is 0 Å². The molecule has 1 aromatic heterocycles. The molecule has 1 heterocycles. The SMILES string of the molecule is C[C@@H]1CCc2sc(C(=O)NNC(=O)CC3=CCCCC3)cc2C1. The van der Waals surface area contributed by atoms with E-state index in [2.05, 4.69) is 23.9 Å². The lowest BCUT2D eigenvalue weighted by Gasteiger charge is -2.16. The minimum Gasteiger partial charge on any atom is -0.273 e. The van der Waals surface area contributed by atoms with Crippen molar-refractivity contribution in [3.05, 3.63) is 33.0 Å². The molecule has 2 aliphatic carbocycles. The van der Waals surface area contributed by atoms with E-state index < -0.39 is 0 Å². The zero-order valence-corrected chi connectivity index (χ0v) is 14.4. The first-order valence-corrected chi connectivity index (χ1v) is 9.32. The molecule has 1 aromatic rings. The second kappa shape index (κ2) is 7.30. The summed E-state index contributed by atoms with van der Waals surface area (Å²) in [7, 11) is 0. The molecule has 2 aliphatic rings. The van der Waals surface area contributed by atoms with Gasteiger partial charge < -0.3 is 0 Å². The third kappa shape index (κ3) is 4.22. The molecular formula is C18H24N2O2S. The molecule has 0 bridgehead atoms. The van der Waals surface area contributed by atoms with Gasteiger partial charge in [0.05, 0.1) is 4.88 Å². The molecule has 4 nitrogen and oxygen atoms in total. The predicted octanol–water partition coefficient (Wildman–Crippen LogP) is 3.52. The summed E-state index contributed by atoms with van der Waals surface area (Å²) in [6.07, 6.45) is 10.3. The minimum atomic E-state index is -0.206. The largest absolute Gasteiger partial charge is 0.279 e. The molecule has 2 amide bonds. The Kier molecular flexibility index (Phi) is 5.16. The number of carbonyl (C=O) groups is 2. The van der Waals surface area contributed by atoms with Crippen molar-refractivity contribution in [1.29, 1.82) is 0 Å². The van der Waals surface area contributed by atoms with E-state index in [4.69, 9.17) is 0 Å². The Morgan fingerprint density at radius 1 is 1.26 bits per heavy atom. The standard InChI is InChI=1S/C18H24N2O2S/c1-12-7-8-15-14(9-12)11-16(23-15)18(22)20-19-17(21)10-13-5-3-2-4-6-13/h5,11-12H,2-4,6-10H2,1H3,(H,19,21)(H,20,22)/t12-/m1/s1. The molecule has 0 aromatic carbocycles. The molecule has 5 heteroatoms. The van der Waals surface area contributed by atoms with Crippen molar-refractivity contribution >= 4 is 23.2 Å². The lowest BCUT2D eigenvalue weighted by Crippen LogP contribution is -2.41. The number of amides is 2. The summed E-state index contributed by atoms with van der Waals surface area (Å²) in [5.41, 5.74) is 7.59. The number of thiophene rings is 1. The molecule has 2 N–H and O–H groups in total. The Labute approximate surface area is 141 Å². The van der Waals surface area contributed by atoms with Gasteiger partial charge in [-0.2, -0.15) is 0 Å². The number of hydrogen-bond donors (Lipinski definition) is 2. The van der Waals surface area contributed by atoms with Crippen LogP contribution in [0.2, 0.25) is 0 Å². The van der Waals surface area contributed by atoms with Crippen molar-refractivity contribution in [1.82, 2.24) is 10.9 Å². The maximum atomic E-state index is 12.2. The third-order valence-corrected chi connectivity index (χ3v) is 5.88. The van der Waals surface area contributed by atoms with E-state index >= 15 is 0 Å². The lowest BCUT2D eigenvalue weighted by atomic mass is 9.90. The topological polar surface area (TPSA) is 58.2 Å². The van der Waals surface area contributed by atoms with Crippen LogP contribution in [0, 0.1) is 5.92 Å². The van der Waals surface area contributed by atoms with Gasteiger partial charge in [-0.15, -0.1) is 11.3 Å². The normalized spacial score (nSPS) is 20.4. The zero-order valence-electron chi connectivity index (χ0n) is 13.6. The number of nitrogens with one attached hydrogen (secondary N) is 2. The van der Waals surface area contributed by atoms with E-state index in [0.717, 1.165) is 32.1 Å². The van der Waals surface area contributed by atoms with Gasteiger partial charge in [-0.25, -0.2) is 0 Å². The lowest BCUT2D eigenvalue weighted by molar-refractivity contribution is -0.121. The molecule has 0 spiro atoms. The smallest absolute Gasteiger partial charge is 0.273 e. The Morgan fingerprint density at radius 3 is 2.91 bits per heavy atom. The van der Waals surface area contributed by atoms with Gasteiger partial charge in [0, 0.05) is 11.3 Å². The maximum absolute atomic E-state index is 12.2. The van der Waals surface area contributed by atoms with Crippen molar-refractivity contribution in [2.24, 2.45) is 5.92 Å². The van der Waals surface area contributed by atoms with E-state index in [1.807, 2.05) is 6.07 Å². The molecule has 1 atom stereocenters. The highest BCUT2D eigenvalue weighted by atomic mass is 32.1. The molecule has 0 aliphatic heterocycles. The van der Waals surface area contributed by atoms with Crippen LogP contribution in [0.15, 0.2) is 17.7 Å². The van der Waals surface area contributed by atoms with Crippen molar-refractivity contribution in [3.63, 3.8) is 0 Å². The number of aryl methyl sites for hydroxylation is 1. The second-order valence-corrected chi connectivity index (χ2v) is 7.83. The summed E-state index contributed by atoms with van der Waals surface area (Å²) in [5.74, 6) is 0.348. The fourth-order valence-corrected chi connectivity index (χ4v) is 4.43. The summed E-state index contributed by atoms with van der Waals surface area (Å²) >= 11 is 1.56. The van der Waals surface area contributed by atoms with E-state index in [0.29, 0.717) is 17.2 Å². The van der Waals surface area contributed by atoms with Crippen LogP contribution in [-0.2, 0) is 17.6 Å². The van der Waals surface area contributed by atoms with E-state index in [9.17, 15) is 9.59 Å². The first-order valence-electron chi connectivity index (χ1n) is 8.50. The van der Waals surface area contributed by atoms with E-state index in [1.165, 1.54) is 28.9 Å². The first-order chi connectivity index (χ1) is 11.1. The second-order valence-electron chi connectivity index (χ2n) is 6.69. The average Bonchev–Trinajstić information content (AvgIpc) is 2.96. The summed E-state index contributed by atoms with van der Waals surface area (Å²) < 4.78 is 0. The predicted molar refractivity (Wildman–Crippen MR) is 92.3 cm³/mol. The number of hydrazine groups is 1. The summed E-state index contributed by atoms with van der Waals surface area (Å²) in [6.45, 7) is 2.25. The monoisotopic (exact) mass is 332 g/mol. The summed E-state index contributed by atoms with van der Waals surface area (Å²) in [4.78, 5) is 26.2. The summed E-state index contributed by atoms with van der Waals surface area (Å²) in [5, 5.41) is 0. The molecule has 23 heavy (non-hydrogen) atoms. The van der Waals surface area contributed by atoms with Crippen LogP contribution in [0.25, 0.3) is 0 Å². The minimum absolute atomic E-state index is 0.138. The van der Waals surface area contributed by atoms with Crippen LogP contribution in [-0.4, -0.2) is 11.8 Å². The van der Waals surface area contributed by atoms with Gasteiger partial charge >= 0.3 is 0 Å². The molecule has 3 rings (SSSR count). The third-order valence-electron chi connectivity index (χ3n) is 4.64.